The maximum Gasteiger partial charge on any atom is 0.0806 e. The molecule has 0 fully saturated rings. The number of hydrogen-bond donors (Lipinski definition) is 0. The molecule has 1 rings (SSSR count). The van der Waals surface area contributed by atoms with Crippen molar-refractivity contribution in [3.8, 4) is 0 Å². The molecule has 1 heteroatoms. The highest BCUT2D eigenvalue weighted by atomic mass is 16.5. The van der Waals surface area contributed by atoms with Crippen molar-refractivity contribution in [1.82, 2.24) is 0 Å². The van der Waals surface area contributed by atoms with Crippen LogP contribution in [0.2, 0.25) is 0 Å². The Bertz CT molecular complexity index is 239. The molecule has 1 aromatic rings. The molecule has 0 saturated heterocycles. The van der Waals surface area contributed by atoms with Crippen molar-refractivity contribution in [2.24, 2.45) is 0 Å². The SMILES string of the molecule is C[CH]OCC/C=C/c1ccccc1. The molecule has 1 nitrogen and oxygen atoms in total. The first-order chi connectivity index (χ1) is 6.43. The quantitative estimate of drug-likeness (QED) is 0.624. The van der Waals surface area contributed by atoms with E-state index in [1.165, 1.54) is 5.56 Å². The lowest BCUT2D eigenvalue weighted by atomic mass is 10.2. The maximum atomic E-state index is 5.10. The van der Waals surface area contributed by atoms with Gasteiger partial charge in [-0.15, -0.1) is 0 Å². The van der Waals surface area contributed by atoms with Crippen LogP contribution in [0.25, 0.3) is 6.08 Å². The molecule has 0 bridgehead atoms. The summed E-state index contributed by atoms with van der Waals surface area (Å²) in [5, 5.41) is 0. The van der Waals surface area contributed by atoms with Gasteiger partial charge in [-0.05, 0) is 18.9 Å². The average molecular weight is 175 g/mol. The third-order valence-corrected chi connectivity index (χ3v) is 1.68. The van der Waals surface area contributed by atoms with E-state index in [2.05, 4.69) is 24.3 Å². The Balaban J connectivity index is 2.25. The van der Waals surface area contributed by atoms with Crippen LogP contribution in [0, 0.1) is 6.61 Å². The minimum atomic E-state index is 0.764. The van der Waals surface area contributed by atoms with Crippen molar-refractivity contribution in [2.75, 3.05) is 6.61 Å². The van der Waals surface area contributed by atoms with Crippen LogP contribution in [0.5, 0.6) is 0 Å². The summed E-state index contributed by atoms with van der Waals surface area (Å²) in [6.45, 7) is 4.37. The lowest BCUT2D eigenvalue weighted by Gasteiger charge is -1.94. The van der Waals surface area contributed by atoms with Gasteiger partial charge in [0, 0.05) is 0 Å². The molecule has 0 amide bonds. The minimum absolute atomic E-state index is 0.764. The Labute approximate surface area is 80.0 Å². The highest BCUT2D eigenvalue weighted by Crippen LogP contribution is 2.01. The molecule has 0 aliphatic carbocycles. The summed E-state index contributed by atoms with van der Waals surface area (Å²) in [4.78, 5) is 0. The zero-order valence-electron chi connectivity index (χ0n) is 7.94. The van der Waals surface area contributed by atoms with Crippen molar-refractivity contribution in [3.05, 3.63) is 48.6 Å². The topological polar surface area (TPSA) is 9.23 Å². The fourth-order valence-corrected chi connectivity index (χ4v) is 1.04. The maximum absolute atomic E-state index is 5.10. The Morgan fingerprint density at radius 2 is 2.00 bits per heavy atom. The van der Waals surface area contributed by atoms with Crippen LogP contribution in [-0.4, -0.2) is 6.61 Å². The molecule has 69 valence electrons. The Morgan fingerprint density at radius 3 is 2.69 bits per heavy atom. The van der Waals surface area contributed by atoms with Crippen molar-refractivity contribution >= 4 is 6.08 Å². The van der Waals surface area contributed by atoms with Gasteiger partial charge in [0.1, 0.15) is 0 Å². The third-order valence-electron chi connectivity index (χ3n) is 1.68. The molecule has 1 radical (unpaired) electrons. The third kappa shape index (κ3) is 4.48. The van der Waals surface area contributed by atoms with Crippen LogP contribution in [-0.2, 0) is 4.74 Å². The van der Waals surface area contributed by atoms with Crippen molar-refractivity contribution in [3.63, 3.8) is 0 Å². The normalized spacial score (nSPS) is 10.8. The second-order valence-electron chi connectivity index (χ2n) is 2.71. The molecular weight excluding hydrogens is 160 g/mol. The van der Waals surface area contributed by atoms with Gasteiger partial charge in [0.15, 0.2) is 0 Å². The van der Waals surface area contributed by atoms with E-state index in [0.717, 1.165) is 13.0 Å². The van der Waals surface area contributed by atoms with Crippen molar-refractivity contribution in [1.29, 1.82) is 0 Å². The van der Waals surface area contributed by atoms with E-state index in [4.69, 9.17) is 4.74 Å². The summed E-state index contributed by atoms with van der Waals surface area (Å²) in [5.74, 6) is 0. The first-order valence-electron chi connectivity index (χ1n) is 4.54. The fraction of sp³-hybridized carbons (Fsp3) is 0.250. The number of ether oxygens (including phenoxy) is 1. The highest BCUT2D eigenvalue weighted by molar-refractivity contribution is 5.48. The predicted molar refractivity (Wildman–Crippen MR) is 56.0 cm³/mol. The van der Waals surface area contributed by atoms with E-state index in [1.54, 1.807) is 6.61 Å². The predicted octanol–water partition coefficient (Wildman–Crippen LogP) is 3.29. The lowest BCUT2D eigenvalue weighted by molar-refractivity contribution is 0.210. The minimum Gasteiger partial charge on any atom is -0.376 e. The molecule has 0 saturated carbocycles. The smallest absolute Gasteiger partial charge is 0.0806 e. The number of hydrogen-bond acceptors (Lipinski definition) is 1. The summed E-state index contributed by atoms with van der Waals surface area (Å²) in [6, 6.07) is 10.3. The monoisotopic (exact) mass is 175 g/mol. The summed E-state index contributed by atoms with van der Waals surface area (Å²) in [6.07, 6.45) is 5.19. The molecule has 0 heterocycles. The second kappa shape index (κ2) is 6.44. The summed E-state index contributed by atoms with van der Waals surface area (Å²) in [5.41, 5.74) is 1.24. The zero-order valence-corrected chi connectivity index (χ0v) is 7.94. The number of benzene rings is 1. The molecule has 0 atom stereocenters. The van der Waals surface area contributed by atoms with E-state index < -0.39 is 0 Å². The Morgan fingerprint density at radius 1 is 1.23 bits per heavy atom. The van der Waals surface area contributed by atoms with Crippen LogP contribution in [0.3, 0.4) is 0 Å². The zero-order chi connectivity index (χ0) is 9.36. The molecular formula is C12H15O. The Hall–Kier alpha value is -1.08. The largest absolute Gasteiger partial charge is 0.376 e. The molecule has 1 aromatic carbocycles. The van der Waals surface area contributed by atoms with Crippen LogP contribution in [0.4, 0.5) is 0 Å². The Kier molecular flexibility index (Phi) is 4.95. The van der Waals surface area contributed by atoms with E-state index >= 15 is 0 Å². The molecule has 0 spiro atoms. The van der Waals surface area contributed by atoms with E-state index in [0.29, 0.717) is 0 Å². The molecule has 0 aliphatic heterocycles. The first kappa shape index (κ1) is 10.0. The second-order valence-corrected chi connectivity index (χ2v) is 2.71. The van der Waals surface area contributed by atoms with Crippen LogP contribution in [0.1, 0.15) is 18.9 Å². The van der Waals surface area contributed by atoms with Gasteiger partial charge in [0.05, 0.1) is 13.2 Å². The van der Waals surface area contributed by atoms with Gasteiger partial charge < -0.3 is 4.74 Å². The standard InChI is InChI=1S/C12H15O/c1-2-13-11-7-6-10-12-8-4-3-5-9-12/h2-6,8-10H,7,11H2,1H3/b10-6+. The summed E-state index contributed by atoms with van der Waals surface area (Å²) < 4.78 is 5.10. The average Bonchev–Trinajstić information content (AvgIpc) is 2.19. The first-order valence-corrected chi connectivity index (χ1v) is 4.54. The van der Waals surface area contributed by atoms with Gasteiger partial charge in [-0.25, -0.2) is 0 Å². The molecule has 0 unspecified atom stereocenters. The number of rotatable bonds is 5. The fourth-order valence-electron chi connectivity index (χ4n) is 1.04. The summed E-state index contributed by atoms with van der Waals surface area (Å²) >= 11 is 0. The highest BCUT2D eigenvalue weighted by Gasteiger charge is 1.83. The van der Waals surface area contributed by atoms with Crippen molar-refractivity contribution < 1.29 is 4.74 Å². The molecule has 0 N–H and O–H groups in total. The van der Waals surface area contributed by atoms with Gasteiger partial charge >= 0.3 is 0 Å². The molecule has 0 aromatic heterocycles. The van der Waals surface area contributed by atoms with E-state index in [9.17, 15) is 0 Å². The van der Waals surface area contributed by atoms with Gasteiger partial charge in [0.2, 0.25) is 0 Å². The van der Waals surface area contributed by atoms with Gasteiger partial charge in [-0.3, -0.25) is 0 Å². The lowest BCUT2D eigenvalue weighted by Crippen LogP contribution is -1.85. The van der Waals surface area contributed by atoms with Gasteiger partial charge in [-0.2, -0.15) is 0 Å². The van der Waals surface area contributed by atoms with Crippen molar-refractivity contribution in [2.45, 2.75) is 13.3 Å². The van der Waals surface area contributed by atoms with Crippen LogP contribution >= 0.6 is 0 Å². The molecule has 0 aliphatic rings. The molecule has 13 heavy (non-hydrogen) atoms. The summed E-state index contributed by atoms with van der Waals surface area (Å²) in [7, 11) is 0. The van der Waals surface area contributed by atoms with E-state index in [1.807, 2.05) is 25.1 Å². The van der Waals surface area contributed by atoms with Crippen LogP contribution in [0.15, 0.2) is 36.4 Å². The van der Waals surface area contributed by atoms with Gasteiger partial charge in [0.25, 0.3) is 0 Å². The van der Waals surface area contributed by atoms with Gasteiger partial charge in [-0.1, -0.05) is 42.5 Å². The van der Waals surface area contributed by atoms with Crippen LogP contribution < -0.4 is 0 Å². The van der Waals surface area contributed by atoms with E-state index in [-0.39, 0.29) is 0 Å².